The van der Waals surface area contributed by atoms with Crippen LogP contribution in [0.3, 0.4) is 0 Å². The lowest BCUT2D eigenvalue weighted by Gasteiger charge is -2.37. The lowest BCUT2D eigenvalue weighted by atomic mass is 9.77. The summed E-state index contributed by atoms with van der Waals surface area (Å²) in [5, 5.41) is 0. The van der Waals surface area contributed by atoms with Crippen LogP contribution in [0.1, 0.15) is 32.6 Å². The van der Waals surface area contributed by atoms with E-state index >= 15 is 0 Å². The summed E-state index contributed by atoms with van der Waals surface area (Å²) in [5.74, 6) is 2.82. The maximum Gasteiger partial charge on any atom is 0.415 e. The van der Waals surface area contributed by atoms with Gasteiger partial charge in [-0.05, 0) is 19.3 Å². The molecule has 0 heterocycles. The van der Waals surface area contributed by atoms with Gasteiger partial charge < -0.3 is 10.3 Å². The van der Waals surface area contributed by atoms with Gasteiger partial charge in [-0.1, -0.05) is 38.9 Å². The molecule has 5 heteroatoms. The van der Waals surface area contributed by atoms with Crippen LogP contribution in [0.15, 0.2) is 0 Å². The van der Waals surface area contributed by atoms with Crippen molar-refractivity contribution in [2.45, 2.75) is 57.8 Å². The fourth-order valence-electron chi connectivity index (χ4n) is 2.23. The van der Waals surface area contributed by atoms with E-state index in [2.05, 4.69) is 42.8 Å². The molecule has 0 aromatic carbocycles. The van der Waals surface area contributed by atoms with Crippen molar-refractivity contribution in [2.24, 2.45) is 5.92 Å². The molecule has 0 saturated heterocycles. The minimum atomic E-state index is -1.52. The van der Waals surface area contributed by atoms with Crippen LogP contribution in [-0.2, 0) is 9.53 Å². The second kappa shape index (κ2) is 6.18. The van der Waals surface area contributed by atoms with Gasteiger partial charge in [0.25, 0.3) is 0 Å². The molecule has 0 amide bonds. The first-order valence-electron chi connectivity index (χ1n) is 6.74. The van der Waals surface area contributed by atoms with E-state index in [1.54, 1.807) is 0 Å². The van der Waals surface area contributed by atoms with Crippen LogP contribution in [0.5, 0.6) is 0 Å². The summed E-state index contributed by atoms with van der Waals surface area (Å²) >= 11 is 0. The molecule has 1 fully saturated rings. The van der Waals surface area contributed by atoms with Crippen LogP contribution in [-0.4, -0.2) is 30.6 Å². The van der Waals surface area contributed by atoms with Crippen LogP contribution >= 0.6 is 0 Å². The second-order valence-corrected chi connectivity index (χ2v) is 11.0. The van der Waals surface area contributed by atoms with Crippen molar-refractivity contribution in [2.75, 3.05) is 0 Å². The van der Waals surface area contributed by atoms with Crippen molar-refractivity contribution in [1.29, 1.82) is 0 Å². The van der Waals surface area contributed by atoms with Gasteiger partial charge in [0, 0.05) is 5.92 Å². The van der Waals surface area contributed by atoms with E-state index in [-0.39, 0.29) is 5.92 Å². The van der Waals surface area contributed by atoms with Gasteiger partial charge in [0.1, 0.15) is 8.07 Å². The maximum atomic E-state index is 11.6. The molecule has 1 saturated carbocycles. The number of hydrogen-bond acceptors (Lipinski definition) is 2. The molecular formula is C14H22N2O2Si. The first-order valence-corrected chi connectivity index (χ1v) is 10.2. The lowest BCUT2D eigenvalue weighted by Crippen LogP contribution is -2.43. The fourth-order valence-corrected chi connectivity index (χ4v) is 2.81. The van der Waals surface area contributed by atoms with Crippen molar-refractivity contribution in [3.8, 4) is 11.5 Å². The third-order valence-electron chi connectivity index (χ3n) is 3.33. The molecule has 1 aliphatic rings. The second-order valence-electron chi connectivity index (χ2n) is 6.20. The van der Waals surface area contributed by atoms with Crippen molar-refractivity contribution in [1.82, 2.24) is 0 Å². The number of nitrogens with zero attached hydrogens (tertiary/aromatic N) is 2. The highest BCUT2D eigenvalue weighted by atomic mass is 28.3. The smallest absolute Gasteiger partial charge is 0.415 e. The summed E-state index contributed by atoms with van der Waals surface area (Å²) in [6, 6.07) is 0. The van der Waals surface area contributed by atoms with Gasteiger partial charge in [-0.2, -0.15) is 4.79 Å². The minimum absolute atomic E-state index is 0.209. The van der Waals surface area contributed by atoms with Gasteiger partial charge in [0.05, 0.1) is 0 Å². The lowest BCUT2D eigenvalue weighted by molar-refractivity contribution is -0.155. The molecule has 0 N–H and O–H groups in total. The molecule has 0 aromatic heterocycles. The first kappa shape index (κ1) is 15.7. The molecule has 1 aliphatic carbocycles. The number of carbonyl (C=O) groups is 1. The zero-order chi connectivity index (χ0) is 14.5. The van der Waals surface area contributed by atoms with Crippen LogP contribution in [0.4, 0.5) is 0 Å². The van der Waals surface area contributed by atoms with Gasteiger partial charge >= 0.3 is 12.2 Å². The monoisotopic (exact) mass is 278 g/mol. The number of ether oxygens (including phenoxy) is 1. The Bertz CT molecular complexity index is 452. The van der Waals surface area contributed by atoms with Crippen molar-refractivity contribution in [3.05, 3.63) is 5.53 Å². The summed E-state index contributed by atoms with van der Waals surface area (Å²) in [5.41, 5.74) is 11.0. The average molecular weight is 278 g/mol. The SMILES string of the molecule is C[C@H]1CCCC[C@]1(C#C[Si](C)(C)C)OC(=O)C=[N+]=[N-]. The Hall–Kier alpha value is -1.37. The summed E-state index contributed by atoms with van der Waals surface area (Å²) in [4.78, 5) is 14.3. The van der Waals surface area contributed by atoms with E-state index in [9.17, 15) is 4.79 Å². The van der Waals surface area contributed by atoms with E-state index in [0.717, 1.165) is 31.9 Å². The Morgan fingerprint density at radius 1 is 1.47 bits per heavy atom. The zero-order valence-corrected chi connectivity index (χ0v) is 13.2. The summed E-state index contributed by atoms with van der Waals surface area (Å²) in [7, 11) is -1.52. The third-order valence-corrected chi connectivity index (χ3v) is 4.20. The van der Waals surface area contributed by atoms with E-state index < -0.39 is 19.6 Å². The highest BCUT2D eigenvalue weighted by molar-refractivity contribution is 6.83. The van der Waals surface area contributed by atoms with Gasteiger partial charge in [0.2, 0.25) is 0 Å². The predicted octanol–water partition coefficient (Wildman–Crippen LogP) is 2.66. The molecule has 4 nitrogen and oxygen atoms in total. The van der Waals surface area contributed by atoms with Gasteiger partial charge in [0.15, 0.2) is 5.60 Å². The van der Waals surface area contributed by atoms with Crippen LogP contribution in [0.2, 0.25) is 19.6 Å². The molecule has 0 spiro atoms. The average Bonchev–Trinajstić information content (AvgIpc) is 2.29. The topological polar surface area (TPSA) is 62.7 Å². The van der Waals surface area contributed by atoms with E-state index in [1.165, 1.54) is 0 Å². The number of esters is 1. The molecule has 1 rings (SSSR count). The van der Waals surface area contributed by atoms with E-state index in [4.69, 9.17) is 10.3 Å². The summed E-state index contributed by atoms with van der Waals surface area (Å²) in [6.45, 7) is 8.57. The van der Waals surface area contributed by atoms with E-state index in [1.807, 2.05) is 0 Å². The normalized spacial score (nSPS) is 26.6. The predicted molar refractivity (Wildman–Crippen MR) is 77.3 cm³/mol. The van der Waals surface area contributed by atoms with Crippen molar-refractivity contribution >= 4 is 20.3 Å². The Kier molecular flexibility index (Phi) is 5.10. The Morgan fingerprint density at radius 3 is 2.68 bits per heavy atom. The Balaban J connectivity index is 3.05. The molecule has 19 heavy (non-hydrogen) atoms. The molecular weight excluding hydrogens is 256 g/mol. The summed E-state index contributed by atoms with van der Waals surface area (Å²) < 4.78 is 5.53. The number of rotatable bonds is 2. The highest BCUT2D eigenvalue weighted by Crippen LogP contribution is 2.36. The molecule has 0 unspecified atom stereocenters. The van der Waals surface area contributed by atoms with Crippen LogP contribution in [0, 0.1) is 17.4 Å². The van der Waals surface area contributed by atoms with Gasteiger partial charge in [-0.15, -0.1) is 5.54 Å². The maximum absolute atomic E-state index is 11.6. The third kappa shape index (κ3) is 4.66. The molecule has 2 atom stereocenters. The molecule has 0 aromatic rings. The van der Waals surface area contributed by atoms with Gasteiger partial charge in [-0.3, -0.25) is 0 Å². The number of carbonyl (C=O) groups excluding carboxylic acids is 1. The van der Waals surface area contributed by atoms with Crippen molar-refractivity contribution in [3.63, 3.8) is 0 Å². The van der Waals surface area contributed by atoms with Gasteiger partial charge in [-0.25, -0.2) is 4.79 Å². The quantitative estimate of drug-likeness (QED) is 0.195. The molecule has 0 aliphatic heterocycles. The summed E-state index contributed by atoms with van der Waals surface area (Å²) in [6.07, 6.45) is 4.71. The van der Waals surface area contributed by atoms with Crippen LogP contribution < -0.4 is 0 Å². The fraction of sp³-hybridized carbons (Fsp3) is 0.714. The molecule has 0 radical (unpaired) electrons. The largest absolute Gasteiger partial charge is 0.437 e. The number of hydrogen-bond donors (Lipinski definition) is 0. The first-order chi connectivity index (χ1) is 8.79. The Labute approximate surface area is 116 Å². The highest BCUT2D eigenvalue weighted by Gasteiger charge is 2.41. The standard InChI is InChI=1S/C14H22N2O2Si/c1-12-7-5-6-8-14(12,9-10-19(2,3)4)18-13(17)11-16-15/h11-12H,5-8H2,1-4H3/t12-,14+/m0/s1. The minimum Gasteiger partial charge on any atom is -0.437 e. The zero-order valence-electron chi connectivity index (χ0n) is 12.2. The van der Waals surface area contributed by atoms with Crippen LogP contribution in [0.25, 0.3) is 5.53 Å². The van der Waals surface area contributed by atoms with E-state index in [0.29, 0.717) is 0 Å². The molecule has 0 bridgehead atoms. The molecule has 104 valence electrons. The Morgan fingerprint density at radius 2 is 2.16 bits per heavy atom. The van der Waals surface area contributed by atoms with Crippen molar-refractivity contribution < 1.29 is 14.3 Å².